The highest BCUT2D eigenvalue weighted by atomic mass is 19.4. The minimum atomic E-state index is -5.00. The number of piperidine rings is 1. The number of rotatable bonds is 5. The molecule has 1 aliphatic carbocycles. The quantitative estimate of drug-likeness (QED) is 0.453. The van der Waals surface area contributed by atoms with Crippen LogP contribution < -0.4 is 0 Å². The van der Waals surface area contributed by atoms with E-state index < -0.39 is 35.0 Å². The van der Waals surface area contributed by atoms with Crippen molar-refractivity contribution in [3.8, 4) is 0 Å². The number of likely N-dealkylation sites (tertiary alicyclic amines) is 1. The third-order valence-corrected chi connectivity index (χ3v) is 8.02. The largest absolute Gasteiger partial charge is 0.416 e. The van der Waals surface area contributed by atoms with Gasteiger partial charge >= 0.3 is 12.4 Å². The summed E-state index contributed by atoms with van der Waals surface area (Å²) in [5, 5.41) is 0. The van der Waals surface area contributed by atoms with Crippen LogP contribution in [0.5, 0.6) is 0 Å². The van der Waals surface area contributed by atoms with Crippen molar-refractivity contribution in [1.82, 2.24) is 14.7 Å². The van der Waals surface area contributed by atoms with Crippen LogP contribution in [0.4, 0.5) is 26.3 Å². The molecule has 2 aromatic rings. The molecular weight excluding hydrogens is 508 g/mol. The van der Waals surface area contributed by atoms with Gasteiger partial charge in [0.15, 0.2) is 0 Å². The van der Waals surface area contributed by atoms with E-state index in [1.165, 1.54) is 17.7 Å². The van der Waals surface area contributed by atoms with Gasteiger partial charge in [0, 0.05) is 63.3 Å². The number of benzene rings is 2. The summed E-state index contributed by atoms with van der Waals surface area (Å²) in [6, 6.07) is 10.9. The van der Waals surface area contributed by atoms with Gasteiger partial charge in [0.05, 0.1) is 11.1 Å². The van der Waals surface area contributed by atoms with Crippen molar-refractivity contribution in [3.63, 3.8) is 0 Å². The number of alkyl halides is 6. The van der Waals surface area contributed by atoms with Crippen LogP contribution in [0.15, 0.2) is 48.5 Å². The van der Waals surface area contributed by atoms with E-state index in [1.54, 1.807) is 0 Å². The standard InChI is InChI=1S/C28H31F6N3O/c29-27(30,31)22-14-21(15-23(16-22)28(32,33)34)26(38)37-9-8-25(24(18-37)20-4-2-1-3-5-20)36-12-10-35(11-13-36)17-19-6-7-19/h1-5,14-16,19,24-25H,6-13,17-18H2/t24-,25-/m0/s1. The van der Waals surface area contributed by atoms with E-state index in [-0.39, 0.29) is 31.1 Å². The van der Waals surface area contributed by atoms with Crippen molar-refractivity contribution < 1.29 is 31.1 Å². The molecule has 1 saturated carbocycles. The summed E-state index contributed by atoms with van der Waals surface area (Å²) in [5.74, 6) is -0.0893. The number of piperazine rings is 1. The van der Waals surface area contributed by atoms with Crippen LogP contribution in [-0.2, 0) is 12.4 Å². The zero-order valence-corrected chi connectivity index (χ0v) is 20.9. The highest BCUT2D eigenvalue weighted by Crippen LogP contribution is 2.38. The average Bonchev–Trinajstić information content (AvgIpc) is 3.72. The lowest BCUT2D eigenvalue weighted by Gasteiger charge is -2.47. The van der Waals surface area contributed by atoms with E-state index in [4.69, 9.17) is 0 Å². The molecule has 0 bridgehead atoms. The lowest BCUT2D eigenvalue weighted by atomic mass is 9.84. The molecule has 0 unspecified atom stereocenters. The molecule has 2 atom stereocenters. The minimum Gasteiger partial charge on any atom is -0.338 e. The Kier molecular flexibility index (Phi) is 7.48. The Balaban J connectivity index is 1.36. The van der Waals surface area contributed by atoms with Crippen molar-refractivity contribution in [1.29, 1.82) is 0 Å². The van der Waals surface area contributed by atoms with Crippen molar-refractivity contribution in [3.05, 3.63) is 70.8 Å². The van der Waals surface area contributed by atoms with E-state index in [2.05, 4.69) is 9.80 Å². The number of nitrogens with zero attached hydrogens (tertiary/aromatic N) is 3. The zero-order valence-electron chi connectivity index (χ0n) is 20.9. The first kappa shape index (κ1) is 27.0. The third kappa shape index (κ3) is 6.17. The van der Waals surface area contributed by atoms with Gasteiger partial charge in [0.25, 0.3) is 5.91 Å². The smallest absolute Gasteiger partial charge is 0.338 e. The van der Waals surface area contributed by atoms with E-state index in [1.807, 2.05) is 30.3 Å². The molecule has 206 valence electrons. The van der Waals surface area contributed by atoms with Crippen molar-refractivity contribution in [2.24, 2.45) is 5.92 Å². The van der Waals surface area contributed by atoms with E-state index >= 15 is 0 Å². The molecule has 0 spiro atoms. The van der Waals surface area contributed by atoms with E-state index in [0.29, 0.717) is 18.6 Å². The number of hydrogen-bond donors (Lipinski definition) is 0. The van der Waals surface area contributed by atoms with Gasteiger partial charge in [0.1, 0.15) is 0 Å². The Hall–Kier alpha value is -2.59. The Morgan fingerprint density at radius 1 is 0.789 bits per heavy atom. The first-order valence-corrected chi connectivity index (χ1v) is 13.1. The number of carbonyl (C=O) groups is 1. The molecule has 2 aliphatic heterocycles. The fraction of sp³-hybridized carbons (Fsp3) is 0.536. The Bertz CT molecular complexity index is 1090. The number of hydrogen-bond acceptors (Lipinski definition) is 3. The summed E-state index contributed by atoms with van der Waals surface area (Å²) in [4.78, 5) is 19.7. The second-order valence-electron chi connectivity index (χ2n) is 10.7. The SMILES string of the molecule is O=C(c1cc(C(F)(F)F)cc(C(F)(F)F)c1)N1CC[C@H](N2CCN(CC3CC3)CC2)[C@H](c2ccccc2)C1. The molecule has 1 amide bonds. The average molecular weight is 540 g/mol. The highest BCUT2D eigenvalue weighted by Gasteiger charge is 2.40. The number of amides is 1. The van der Waals surface area contributed by atoms with Crippen LogP contribution in [0.1, 0.15) is 52.2 Å². The van der Waals surface area contributed by atoms with Gasteiger partial charge in [-0.05, 0) is 48.9 Å². The fourth-order valence-electron chi connectivity index (χ4n) is 5.79. The Labute approximate surface area is 218 Å². The first-order chi connectivity index (χ1) is 18.0. The Morgan fingerprint density at radius 3 is 1.95 bits per heavy atom. The van der Waals surface area contributed by atoms with Gasteiger partial charge < -0.3 is 9.80 Å². The maximum absolute atomic E-state index is 13.4. The molecule has 0 aromatic heterocycles. The van der Waals surface area contributed by atoms with Gasteiger partial charge in [-0.15, -0.1) is 0 Å². The molecule has 2 heterocycles. The topological polar surface area (TPSA) is 26.8 Å². The lowest BCUT2D eigenvalue weighted by Crippen LogP contribution is -2.56. The predicted molar refractivity (Wildman–Crippen MR) is 131 cm³/mol. The molecule has 4 nitrogen and oxygen atoms in total. The summed E-state index contributed by atoms with van der Waals surface area (Å²) in [6.45, 7) is 5.39. The van der Waals surface area contributed by atoms with Gasteiger partial charge in [-0.3, -0.25) is 9.69 Å². The molecule has 3 fully saturated rings. The maximum atomic E-state index is 13.4. The van der Waals surface area contributed by atoms with E-state index in [0.717, 1.165) is 44.2 Å². The maximum Gasteiger partial charge on any atom is 0.416 e. The zero-order chi connectivity index (χ0) is 27.1. The molecule has 38 heavy (non-hydrogen) atoms. The molecule has 0 radical (unpaired) electrons. The van der Waals surface area contributed by atoms with Crippen molar-refractivity contribution >= 4 is 5.91 Å². The van der Waals surface area contributed by atoms with Gasteiger partial charge in [-0.2, -0.15) is 26.3 Å². The lowest BCUT2D eigenvalue weighted by molar-refractivity contribution is -0.143. The summed E-state index contributed by atoms with van der Waals surface area (Å²) in [5.41, 5.74) is -2.54. The number of carbonyl (C=O) groups excluding carboxylic acids is 1. The summed E-state index contributed by atoms with van der Waals surface area (Å²) in [6.07, 6.45) is -6.80. The predicted octanol–water partition coefficient (Wildman–Crippen LogP) is 5.75. The monoisotopic (exact) mass is 539 g/mol. The first-order valence-electron chi connectivity index (χ1n) is 13.1. The van der Waals surface area contributed by atoms with Crippen LogP contribution in [0.25, 0.3) is 0 Å². The molecule has 2 saturated heterocycles. The van der Waals surface area contributed by atoms with Gasteiger partial charge in [0.2, 0.25) is 0 Å². The van der Waals surface area contributed by atoms with Crippen LogP contribution in [0, 0.1) is 5.92 Å². The molecular formula is C28H31F6N3O. The molecule has 10 heteroatoms. The third-order valence-electron chi connectivity index (χ3n) is 8.02. The summed E-state index contributed by atoms with van der Waals surface area (Å²) in [7, 11) is 0. The molecule has 3 aliphatic rings. The van der Waals surface area contributed by atoms with Gasteiger partial charge in [-0.1, -0.05) is 30.3 Å². The molecule has 2 aromatic carbocycles. The second kappa shape index (κ2) is 10.5. The summed E-state index contributed by atoms with van der Waals surface area (Å²) >= 11 is 0. The van der Waals surface area contributed by atoms with Crippen molar-refractivity contribution in [2.75, 3.05) is 45.8 Å². The van der Waals surface area contributed by atoms with Crippen LogP contribution >= 0.6 is 0 Å². The normalized spacial score (nSPS) is 24.0. The number of halogens is 6. The molecule has 0 N–H and O–H groups in total. The minimum absolute atomic E-state index is 0.0542. The van der Waals surface area contributed by atoms with Crippen LogP contribution in [-0.4, -0.2) is 72.5 Å². The summed E-state index contributed by atoms with van der Waals surface area (Å²) < 4.78 is 80.3. The van der Waals surface area contributed by atoms with Crippen LogP contribution in [0.2, 0.25) is 0 Å². The van der Waals surface area contributed by atoms with Gasteiger partial charge in [-0.25, -0.2) is 0 Å². The Morgan fingerprint density at radius 2 is 1.39 bits per heavy atom. The van der Waals surface area contributed by atoms with Crippen LogP contribution in [0.3, 0.4) is 0 Å². The second-order valence-corrected chi connectivity index (χ2v) is 10.7. The van der Waals surface area contributed by atoms with E-state index in [9.17, 15) is 31.1 Å². The van der Waals surface area contributed by atoms with Crippen molar-refractivity contribution in [2.45, 2.75) is 43.6 Å². The fourth-order valence-corrected chi connectivity index (χ4v) is 5.79. The highest BCUT2D eigenvalue weighted by molar-refractivity contribution is 5.95. The molecule has 5 rings (SSSR count).